The monoisotopic (exact) mass is 357 g/mol. The average molecular weight is 358 g/mol. The molecule has 1 aromatic carbocycles. The summed E-state index contributed by atoms with van der Waals surface area (Å²) in [6.45, 7) is 0. The number of nitrogens with zero attached hydrogens (tertiary/aromatic N) is 3. The van der Waals surface area contributed by atoms with E-state index in [-0.39, 0.29) is 0 Å². The third-order valence-corrected chi connectivity index (χ3v) is 4.87. The molecule has 0 amide bonds. The maximum absolute atomic E-state index is 6.44. The molecule has 0 bridgehead atoms. The number of hydrogen-bond donors (Lipinski definition) is 0. The zero-order valence-electron chi connectivity index (χ0n) is 11.3. The van der Waals surface area contributed by atoms with Gasteiger partial charge >= 0.3 is 136 Å². The fourth-order valence-electron chi connectivity index (χ4n) is 2.68. The topological polar surface area (TPSA) is 38.7 Å². The summed E-state index contributed by atoms with van der Waals surface area (Å²) >= 11 is 7.96. The summed E-state index contributed by atoms with van der Waals surface area (Å²) in [4.78, 5) is 4.35. The molecule has 0 aliphatic heterocycles. The second kappa shape index (κ2) is 5.08. The van der Waals surface area contributed by atoms with Crippen molar-refractivity contribution in [1.29, 1.82) is 0 Å². The summed E-state index contributed by atoms with van der Waals surface area (Å²) in [5.74, 6) is 0.632. The predicted octanol–water partition coefficient (Wildman–Crippen LogP) is 2.48. The Kier molecular flexibility index (Phi) is 3.20. The Bertz CT molecular complexity index is 846. The summed E-state index contributed by atoms with van der Waals surface area (Å²) in [7, 11) is 0. The van der Waals surface area contributed by atoms with Crippen LogP contribution >= 0.6 is 11.6 Å². The Hall–Kier alpha value is -1.44. The first-order valence-electron chi connectivity index (χ1n) is 6.88. The van der Waals surface area contributed by atoms with Gasteiger partial charge in [0, 0.05) is 0 Å². The van der Waals surface area contributed by atoms with E-state index in [4.69, 9.17) is 11.6 Å². The summed E-state index contributed by atoms with van der Waals surface area (Å²) in [5, 5.41) is 11.0. The van der Waals surface area contributed by atoms with Crippen LogP contribution in [0, 0.1) is 0 Å². The first kappa shape index (κ1) is 13.2. The zero-order chi connectivity index (χ0) is 14.4. The molecule has 0 saturated heterocycles. The fourth-order valence-corrected chi connectivity index (χ4v) is 3.49. The Morgan fingerprint density at radius 1 is 1.05 bits per heavy atom. The Morgan fingerprint density at radius 3 is 2.67 bits per heavy atom. The van der Waals surface area contributed by atoms with Gasteiger partial charge in [-0.3, -0.25) is 0 Å². The van der Waals surface area contributed by atoms with Crippen LogP contribution in [0.15, 0.2) is 36.8 Å². The van der Waals surface area contributed by atoms with Gasteiger partial charge in [-0.2, -0.15) is 0 Å². The molecule has 1 fully saturated rings. The minimum absolute atomic E-state index is 0.632. The molecule has 4 rings (SSSR count). The van der Waals surface area contributed by atoms with E-state index in [0.717, 1.165) is 31.4 Å². The summed E-state index contributed by atoms with van der Waals surface area (Å²) < 4.78 is 1.05. The SMILES string of the molecule is Clc1cc(-c2cnncc2C2CC2)cc2cc([AsH2])ncc12. The van der Waals surface area contributed by atoms with Crippen molar-refractivity contribution >= 4 is 43.7 Å². The van der Waals surface area contributed by atoms with Crippen LogP contribution in [0.5, 0.6) is 0 Å². The first-order chi connectivity index (χ1) is 10.2. The molecule has 1 unspecified atom stereocenters. The van der Waals surface area contributed by atoms with Crippen LogP contribution in [0.4, 0.5) is 0 Å². The normalized spacial score (nSPS) is 14.6. The number of pyridine rings is 1. The molecule has 3 nitrogen and oxygen atoms in total. The molecule has 5 heteroatoms. The number of halogens is 1. The van der Waals surface area contributed by atoms with Crippen LogP contribution in [0.2, 0.25) is 5.02 Å². The van der Waals surface area contributed by atoms with Gasteiger partial charge in [-0.15, -0.1) is 0 Å². The van der Waals surface area contributed by atoms with Gasteiger partial charge in [-0.25, -0.2) is 0 Å². The van der Waals surface area contributed by atoms with Crippen LogP contribution in [-0.4, -0.2) is 32.0 Å². The van der Waals surface area contributed by atoms with E-state index in [9.17, 15) is 0 Å². The summed E-state index contributed by atoms with van der Waals surface area (Å²) in [6.07, 6.45) is 8.08. The van der Waals surface area contributed by atoms with Crippen LogP contribution in [0.1, 0.15) is 24.3 Å². The van der Waals surface area contributed by atoms with E-state index >= 15 is 0 Å². The summed E-state index contributed by atoms with van der Waals surface area (Å²) in [6, 6.07) is 6.28. The number of aromatic nitrogens is 3. The Balaban J connectivity index is 1.94. The van der Waals surface area contributed by atoms with Crippen molar-refractivity contribution in [3.63, 3.8) is 0 Å². The van der Waals surface area contributed by atoms with Crippen molar-refractivity contribution < 1.29 is 0 Å². The molecule has 1 aliphatic rings. The third-order valence-electron chi connectivity index (χ3n) is 3.90. The van der Waals surface area contributed by atoms with Crippen LogP contribution in [0.3, 0.4) is 0 Å². The van der Waals surface area contributed by atoms with Gasteiger partial charge in [0.25, 0.3) is 0 Å². The molecule has 1 saturated carbocycles. The van der Waals surface area contributed by atoms with Crippen LogP contribution < -0.4 is 4.48 Å². The number of benzene rings is 1. The minimum atomic E-state index is 0.632. The Morgan fingerprint density at radius 2 is 1.86 bits per heavy atom. The van der Waals surface area contributed by atoms with Gasteiger partial charge in [0.1, 0.15) is 0 Å². The van der Waals surface area contributed by atoms with Gasteiger partial charge in [-0.1, -0.05) is 0 Å². The van der Waals surface area contributed by atoms with Gasteiger partial charge < -0.3 is 0 Å². The van der Waals surface area contributed by atoms with E-state index in [1.807, 2.05) is 24.7 Å². The standard InChI is InChI=1S/C16H13AsClN3/c17-16-5-11-3-10(4-15(18)14(11)6-19-16)13-8-21-20-7-12(13)9-1-2-9/h3-9H,1-2,17H2. The van der Waals surface area contributed by atoms with E-state index in [2.05, 4.69) is 27.3 Å². The maximum atomic E-state index is 6.44. The van der Waals surface area contributed by atoms with Crippen molar-refractivity contribution in [3.8, 4) is 11.1 Å². The predicted molar refractivity (Wildman–Crippen MR) is 87.9 cm³/mol. The fraction of sp³-hybridized carbons (Fsp3) is 0.188. The second-order valence-electron chi connectivity index (χ2n) is 5.42. The summed E-state index contributed by atoms with van der Waals surface area (Å²) in [5.41, 5.74) is 3.55. The molecule has 3 aromatic rings. The van der Waals surface area contributed by atoms with Gasteiger partial charge in [0.15, 0.2) is 0 Å². The van der Waals surface area contributed by atoms with Crippen molar-refractivity contribution in [1.82, 2.24) is 15.2 Å². The molecule has 21 heavy (non-hydrogen) atoms. The van der Waals surface area contributed by atoms with Crippen molar-refractivity contribution in [2.75, 3.05) is 0 Å². The second-order valence-corrected chi connectivity index (χ2v) is 7.07. The molecule has 0 radical (unpaired) electrons. The molecule has 0 N–H and O–H groups in total. The Labute approximate surface area is 136 Å². The molecule has 2 heterocycles. The van der Waals surface area contributed by atoms with Crippen molar-refractivity contribution in [2.24, 2.45) is 0 Å². The third kappa shape index (κ3) is 2.45. The molecule has 1 aliphatic carbocycles. The molecular formula is C16H13AsClN3. The number of rotatable bonds is 2. The zero-order valence-corrected chi connectivity index (χ0v) is 14.4. The number of hydrogen-bond acceptors (Lipinski definition) is 3. The van der Waals surface area contributed by atoms with Crippen LogP contribution in [0.25, 0.3) is 21.9 Å². The number of fused-ring (bicyclic) bond motifs is 1. The van der Waals surface area contributed by atoms with Crippen molar-refractivity contribution in [3.05, 3.63) is 47.4 Å². The molecule has 104 valence electrons. The van der Waals surface area contributed by atoms with E-state index in [1.165, 1.54) is 35.3 Å². The van der Waals surface area contributed by atoms with E-state index in [1.54, 1.807) is 0 Å². The molecule has 0 spiro atoms. The molecular weight excluding hydrogens is 345 g/mol. The van der Waals surface area contributed by atoms with Gasteiger partial charge in [0.05, 0.1) is 0 Å². The van der Waals surface area contributed by atoms with E-state index in [0.29, 0.717) is 5.92 Å². The first-order valence-corrected chi connectivity index (χ1v) is 8.47. The van der Waals surface area contributed by atoms with Crippen LogP contribution in [-0.2, 0) is 0 Å². The van der Waals surface area contributed by atoms with Gasteiger partial charge in [-0.05, 0) is 0 Å². The van der Waals surface area contributed by atoms with E-state index < -0.39 is 0 Å². The molecule has 2 aromatic heterocycles. The average Bonchev–Trinajstić information content (AvgIpc) is 3.31. The van der Waals surface area contributed by atoms with Gasteiger partial charge in [0.2, 0.25) is 0 Å². The quantitative estimate of drug-likeness (QED) is 0.661. The molecule has 1 atom stereocenters. The van der Waals surface area contributed by atoms with Crippen molar-refractivity contribution in [2.45, 2.75) is 18.8 Å².